The van der Waals surface area contributed by atoms with E-state index in [0.29, 0.717) is 56.3 Å². The first-order valence-electron chi connectivity index (χ1n) is 18.0. The summed E-state index contributed by atoms with van der Waals surface area (Å²) in [7, 11) is 1.61. The highest BCUT2D eigenvalue weighted by molar-refractivity contribution is 6.04. The zero-order valence-corrected chi connectivity index (χ0v) is 31.3. The highest BCUT2D eigenvalue weighted by atomic mass is 16.6. The number of carbonyl (C=O) groups excluding carboxylic acids is 4. The summed E-state index contributed by atoms with van der Waals surface area (Å²) in [5.41, 5.74) is -0.794. The number of nitrogens with zero attached hydrogens (tertiary/aromatic N) is 3. The number of aliphatic hydroxyl groups is 1. The molecule has 4 unspecified atom stereocenters. The molecule has 1 aromatic rings. The van der Waals surface area contributed by atoms with Gasteiger partial charge in [0.05, 0.1) is 36.3 Å². The fourth-order valence-electron chi connectivity index (χ4n) is 6.61. The third-order valence-electron chi connectivity index (χ3n) is 9.11. The van der Waals surface area contributed by atoms with Crippen molar-refractivity contribution in [3.8, 4) is 5.75 Å². The molecule has 2 heterocycles. The molecule has 50 heavy (non-hydrogen) atoms. The first kappa shape index (κ1) is 39.4. The Bertz CT molecular complexity index is 1370. The summed E-state index contributed by atoms with van der Waals surface area (Å²) in [5.74, 6) is -2.47. The Hall–Kier alpha value is -3.42. The predicted octanol–water partition coefficient (Wildman–Crippen LogP) is 4.13. The van der Waals surface area contributed by atoms with Gasteiger partial charge < -0.3 is 44.1 Å². The molecule has 0 aromatic heterocycles. The van der Waals surface area contributed by atoms with Gasteiger partial charge in [-0.1, -0.05) is 13.8 Å². The van der Waals surface area contributed by atoms with E-state index < -0.39 is 47.0 Å². The zero-order chi connectivity index (χ0) is 37.0. The molecule has 0 radical (unpaired) electrons. The van der Waals surface area contributed by atoms with Crippen molar-refractivity contribution in [2.75, 3.05) is 56.4 Å². The summed E-state index contributed by atoms with van der Waals surface area (Å²) in [4.78, 5) is 60.1. The lowest BCUT2D eigenvalue weighted by Gasteiger charge is -2.42. The smallest absolute Gasteiger partial charge is 0.410 e. The van der Waals surface area contributed by atoms with E-state index in [1.165, 1.54) is 4.90 Å². The maximum absolute atomic E-state index is 14.7. The number of fused-ring (bicyclic) bond motifs is 1. The summed E-state index contributed by atoms with van der Waals surface area (Å²) in [6.07, 6.45) is 0.729. The molecule has 13 nitrogen and oxygen atoms in total. The molecule has 0 spiro atoms. The van der Waals surface area contributed by atoms with Gasteiger partial charge >= 0.3 is 6.09 Å². The SMILES string of the molecule is CCOCC(CC(C)C)NC(=O)C1CN(C(=O)OC(C)(C)C)CC(C(=O)N(c2ccc3c(c2)N(CCCOC)C(=O)C(C)(C)O3)C2CC2)C1O. The molecule has 1 aliphatic carbocycles. The molecular weight excluding hydrogens is 644 g/mol. The zero-order valence-electron chi connectivity index (χ0n) is 31.3. The number of ether oxygens (including phenoxy) is 4. The highest BCUT2D eigenvalue weighted by Gasteiger charge is 2.49. The van der Waals surface area contributed by atoms with Crippen molar-refractivity contribution >= 4 is 35.2 Å². The number of amides is 4. The molecule has 1 aromatic carbocycles. The van der Waals surface area contributed by atoms with Crippen molar-refractivity contribution in [1.29, 1.82) is 0 Å². The minimum Gasteiger partial charge on any atom is -0.476 e. The Morgan fingerprint density at radius 3 is 2.42 bits per heavy atom. The molecule has 13 heteroatoms. The highest BCUT2D eigenvalue weighted by Crippen LogP contribution is 2.43. The number of methoxy groups -OCH3 is 1. The van der Waals surface area contributed by atoms with Gasteiger partial charge in [-0.3, -0.25) is 14.4 Å². The number of hydrogen-bond acceptors (Lipinski definition) is 9. The van der Waals surface area contributed by atoms with Gasteiger partial charge in [0, 0.05) is 51.7 Å². The van der Waals surface area contributed by atoms with Crippen LogP contribution in [0.2, 0.25) is 0 Å². The van der Waals surface area contributed by atoms with Gasteiger partial charge in [0.25, 0.3) is 5.91 Å². The van der Waals surface area contributed by atoms with Gasteiger partial charge in [-0.25, -0.2) is 4.79 Å². The van der Waals surface area contributed by atoms with Crippen LogP contribution < -0.4 is 19.9 Å². The lowest BCUT2D eigenvalue weighted by atomic mass is 9.84. The van der Waals surface area contributed by atoms with Crippen molar-refractivity contribution in [3.05, 3.63) is 18.2 Å². The van der Waals surface area contributed by atoms with Crippen LogP contribution in [0, 0.1) is 17.8 Å². The van der Waals surface area contributed by atoms with Gasteiger partial charge in [-0.05, 0) is 91.3 Å². The number of carbonyl (C=O) groups is 4. The van der Waals surface area contributed by atoms with Crippen molar-refractivity contribution in [2.24, 2.45) is 17.8 Å². The summed E-state index contributed by atoms with van der Waals surface area (Å²) in [5, 5.41) is 14.8. The van der Waals surface area contributed by atoms with Crippen LogP contribution in [0.1, 0.15) is 81.1 Å². The largest absolute Gasteiger partial charge is 0.476 e. The molecule has 0 bridgehead atoms. The molecule has 280 valence electrons. The average Bonchev–Trinajstić information content (AvgIpc) is 3.86. The minimum atomic E-state index is -1.37. The monoisotopic (exact) mass is 702 g/mol. The van der Waals surface area contributed by atoms with E-state index in [4.69, 9.17) is 18.9 Å². The standard InChI is InChI=1S/C37H58N4O9/c1-10-48-22-24(18-23(2)3)38-32(43)27-20-39(35(46)50-36(4,5)6)21-28(31(27)42)33(44)41(25-12-13-25)26-14-15-30-29(19-26)40(16-11-17-47-9)34(45)37(7,8)49-30/h14-15,19,23-25,27-28,31,42H,10-13,16-18,20-22H2,1-9H3,(H,38,43). The lowest BCUT2D eigenvalue weighted by molar-refractivity contribution is -0.141. The van der Waals surface area contributed by atoms with Crippen molar-refractivity contribution < 1.29 is 43.2 Å². The van der Waals surface area contributed by atoms with Gasteiger partial charge in [0.15, 0.2) is 5.60 Å². The fraction of sp³-hybridized carbons (Fsp3) is 0.730. The second kappa shape index (κ2) is 16.3. The first-order chi connectivity index (χ1) is 23.5. The number of rotatable bonds is 14. The number of aliphatic hydroxyl groups excluding tert-OH is 1. The van der Waals surface area contributed by atoms with Gasteiger partial charge in [0.2, 0.25) is 11.8 Å². The first-order valence-corrected chi connectivity index (χ1v) is 18.0. The van der Waals surface area contributed by atoms with Crippen LogP contribution in [0.5, 0.6) is 5.75 Å². The normalized spacial score (nSPS) is 22.5. The molecule has 2 N–H and O–H groups in total. The quantitative estimate of drug-likeness (QED) is 0.273. The Morgan fingerprint density at radius 2 is 1.82 bits per heavy atom. The Balaban J connectivity index is 1.68. The summed E-state index contributed by atoms with van der Waals surface area (Å²) in [6.45, 7) is 16.1. The van der Waals surface area contributed by atoms with E-state index in [1.807, 2.05) is 6.92 Å². The van der Waals surface area contributed by atoms with Crippen LogP contribution in [0.25, 0.3) is 0 Å². The van der Waals surface area contributed by atoms with E-state index in [1.54, 1.807) is 69.7 Å². The average molecular weight is 703 g/mol. The Kier molecular flexibility index (Phi) is 12.8. The van der Waals surface area contributed by atoms with Gasteiger partial charge in [-0.2, -0.15) is 0 Å². The molecule has 2 fully saturated rings. The molecule has 4 amide bonds. The molecule has 4 rings (SSSR count). The van der Waals surface area contributed by atoms with Crippen LogP contribution in [0.3, 0.4) is 0 Å². The van der Waals surface area contributed by atoms with Crippen LogP contribution in [0.15, 0.2) is 18.2 Å². The van der Waals surface area contributed by atoms with Crippen LogP contribution in [-0.4, -0.2) is 110 Å². The van der Waals surface area contributed by atoms with E-state index in [-0.39, 0.29) is 37.0 Å². The second-order valence-corrected chi connectivity index (χ2v) is 15.6. The third-order valence-corrected chi connectivity index (χ3v) is 9.11. The van der Waals surface area contributed by atoms with Gasteiger partial charge in [0.1, 0.15) is 11.4 Å². The summed E-state index contributed by atoms with van der Waals surface area (Å²) < 4.78 is 22.6. The number of benzene rings is 1. The predicted molar refractivity (Wildman–Crippen MR) is 189 cm³/mol. The molecular formula is C37H58N4O9. The lowest BCUT2D eigenvalue weighted by Crippen LogP contribution is -2.61. The number of piperidine rings is 1. The van der Waals surface area contributed by atoms with Gasteiger partial charge in [-0.15, -0.1) is 0 Å². The molecule has 2 aliphatic heterocycles. The van der Waals surface area contributed by atoms with E-state index in [0.717, 1.165) is 12.8 Å². The van der Waals surface area contributed by atoms with E-state index >= 15 is 0 Å². The van der Waals surface area contributed by atoms with E-state index in [9.17, 15) is 24.3 Å². The Labute approximate surface area is 296 Å². The van der Waals surface area contributed by atoms with E-state index in [2.05, 4.69) is 19.2 Å². The van der Waals surface area contributed by atoms with Crippen molar-refractivity contribution in [3.63, 3.8) is 0 Å². The number of hydrogen-bond donors (Lipinski definition) is 2. The summed E-state index contributed by atoms with van der Waals surface area (Å²) in [6, 6.07) is 4.88. The fourth-order valence-corrected chi connectivity index (χ4v) is 6.61. The van der Waals surface area contributed by atoms with Crippen LogP contribution in [0.4, 0.5) is 16.2 Å². The second-order valence-electron chi connectivity index (χ2n) is 15.6. The minimum absolute atomic E-state index is 0.108. The Morgan fingerprint density at radius 1 is 1.14 bits per heavy atom. The molecule has 3 aliphatic rings. The topological polar surface area (TPSA) is 147 Å². The molecule has 1 saturated heterocycles. The molecule has 1 saturated carbocycles. The van der Waals surface area contributed by atoms with Crippen molar-refractivity contribution in [1.82, 2.24) is 10.2 Å². The number of anilines is 2. The molecule has 4 atom stereocenters. The summed E-state index contributed by atoms with van der Waals surface area (Å²) >= 11 is 0. The number of likely N-dealkylation sites (tertiary alicyclic amines) is 1. The third kappa shape index (κ3) is 9.67. The van der Waals surface area contributed by atoms with Crippen LogP contribution in [-0.2, 0) is 28.6 Å². The number of nitrogens with one attached hydrogen (secondary N) is 1. The van der Waals surface area contributed by atoms with Crippen molar-refractivity contribution in [2.45, 2.75) is 110 Å². The maximum atomic E-state index is 14.7. The van der Waals surface area contributed by atoms with Crippen LogP contribution >= 0.6 is 0 Å². The maximum Gasteiger partial charge on any atom is 0.410 e.